The van der Waals surface area contributed by atoms with Crippen LogP contribution in [0.25, 0.3) is 0 Å². The van der Waals surface area contributed by atoms with Gasteiger partial charge in [-0.15, -0.1) is 6.58 Å². The second-order valence-electron chi connectivity index (χ2n) is 4.04. The third-order valence-electron chi connectivity index (χ3n) is 2.97. The number of ether oxygens (including phenoxy) is 2. The molecule has 1 aliphatic rings. The molecular formula is C11H20O3. The molecule has 0 bridgehead atoms. The molecule has 1 saturated heterocycles. The molecule has 3 nitrogen and oxygen atoms in total. The summed E-state index contributed by atoms with van der Waals surface area (Å²) in [5, 5.41) is 9.90. The van der Waals surface area contributed by atoms with E-state index in [9.17, 15) is 5.11 Å². The van der Waals surface area contributed by atoms with Crippen LogP contribution in [0.2, 0.25) is 0 Å². The second kappa shape index (κ2) is 4.91. The molecule has 0 amide bonds. The average Bonchev–Trinajstić information content (AvgIpc) is 2.18. The number of aliphatic hydroxyl groups excluding tert-OH is 1. The SMILES string of the molecule is C=CCO[C@H]1OC(C)[C@H](C)[C@H](O)C1C. The van der Waals surface area contributed by atoms with Crippen molar-refractivity contribution in [1.82, 2.24) is 0 Å². The Morgan fingerprint density at radius 3 is 2.57 bits per heavy atom. The molecule has 0 aromatic rings. The standard InChI is InChI=1S/C11H20O3/c1-5-6-13-11-8(3)10(12)7(2)9(4)14-11/h5,7-12H,1,6H2,2-4H3/t7-,8?,9?,10-,11-/m0/s1. The van der Waals surface area contributed by atoms with E-state index in [0.29, 0.717) is 6.61 Å². The Morgan fingerprint density at radius 2 is 2.00 bits per heavy atom. The number of aliphatic hydroxyl groups is 1. The van der Waals surface area contributed by atoms with Crippen LogP contribution in [0.5, 0.6) is 0 Å². The predicted molar refractivity (Wildman–Crippen MR) is 54.8 cm³/mol. The molecule has 0 aromatic carbocycles. The molecule has 0 spiro atoms. The van der Waals surface area contributed by atoms with Crippen molar-refractivity contribution in [3.05, 3.63) is 12.7 Å². The molecule has 82 valence electrons. The summed E-state index contributed by atoms with van der Waals surface area (Å²) in [5.74, 6) is 0.176. The maximum Gasteiger partial charge on any atom is 0.163 e. The van der Waals surface area contributed by atoms with E-state index in [0.717, 1.165) is 0 Å². The lowest BCUT2D eigenvalue weighted by molar-refractivity contribution is -0.253. The summed E-state index contributed by atoms with van der Waals surface area (Å²) >= 11 is 0. The zero-order valence-corrected chi connectivity index (χ0v) is 9.14. The monoisotopic (exact) mass is 200 g/mol. The van der Waals surface area contributed by atoms with E-state index in [1.807, 2.05) is 20.8 Å². The first-order valence-electron chi connectivity index (χ1n) is 5.14. The van der Waals surface area contributed by atoms with Gasteiger partial charge in [0.25, 0.3) is 0 Å². The minimum absolute atomic E-state index is 0.0150. The zero-order valence-electron chi connectivity index (χ0n) is 9.14. The Balaban J connectivity index is 2.55. The summed E-state index contributed by atoms with van der Waals surface area (Å²) in [5.41, 5.74) is 0. The summed E-state index contributed by atoms with van der Waals surface area (Å²) in [4.78, 5) is 0. The fraction of sp³-hybridized carbons (Fsp3) is 0.818. The third kappa shape index (κ3) is 2.35. The smallest absolute Gasteiger partial charge is 0.163 e. The van der Waals surface area contributed by atoms with Gasteiger partial charge in [0.2, 0.25) is 0 Å². The fourth-order valence-corrected chi connectivity index (χ4v) is 1.73. The molecule has 1 fully saturated rings. The summed E-state index contributed by atoms with van der Waals surface area (Å²) in [6, 6.07) is 0. The van der Waals surface area contributed by atoms with Gasteiger partial charge in [0.1, 0.15) is 0 Å². The van der Waals surface area contributed by atoms with Crippen molar-refractivity contribution in [3.8, 4) is 0 Å². The van der Waals surface area contributed by atoms with E-state index in [-0.39, 0.29) is 30.3 Å². The number of rotatable bonds is 3. The van der Waals surface area contributed by atoms with E-state index in [2.05, 4.69) is 6.58 Å². The summed E-state index contributed by atoms with van der Waals surface area (Å²) in [7, 11) is 0. The van der Waals surface area contributed by atoms with Gasteiger partial charge in [0.05, 0.1) is 18.8 Å². The van der Waals surface area contributed by atoms with Crippen LogP contribution in [0.3, 0.4) is 0 Å². The average molecular weight is 200 g/mol. The van der Waals surface area contributed by atoms with E-state index in [1.165, 1.54) is 0 Å². The normalized spacial score (nSPS) is 43.6. The molecule has 14 heavy (non-hydrogen) atoms. The maximum atomic E-state index is 9.90. The maximum absolute atomic E-state index is 9.90. The van der Waals surface area contributed by atoms with Crippen LogP contribution in [-0.2, 0) is 9.47 Å². The van der Waals surface area contributed by atoms with Gasteiger partial charge >= 0.3 is 0 Å². The Labute approximate surface area is 85.7 Å². The van der Waals surface area contributed by atoms with Crippen molar-refractivity contribution in [1.29, 1.82) is 0 Å². The Hall–Kier alpha value is -0.380. The molecule has 3 heteroatoms. The summed E-state index contributed by atoms with van der Waals surface area (Å²) in [6.45, 7) is 9.94. The number of hydrogen-bond acceptors (Lipinski definition) is 3. The van der Waals surface area contributed by atoms with Crippen molar-refractivity contribution >= 4 is 0 Å². The number of hydrogen-bond donors (Lipinski definition) is 1. The molecule has 0 aromatic heterocycles. The van der Waals surface area contributed by atoms with Crippen molar-refractivity contribution in [3.63, 3.8) is 0 Å². The molecule has 0 saturated carbocycles. The molecular weight excluding hydrogens is 180 g/mol. The van der Waals surface area contributed by atoms with Crippen molar-refractivity contribution in [2.75, 3.05) is 6.61 Å². The zero-order chi connectivity index (χ0) is 10.7. The largest absolute Gasteiger partial charge is 0.392 e. The molecule has 5 atom stereocenters. The summed E-state index contributed by atoms with van der Waals surface area (Å²) in [6.07, 6.45) is 1.06. The van der Waals surface area contributed by atoms with Gasteiger partial charge in [-0.25, -0.2) is 0 Å². The molecule has 0 aliphatic carbocycles. The second-order valence-corrected chi connectivity index (χ2v) is 4.04. The van der Waals surface area contributed by atoms with E-state index >= 15 is 0 Å². The van der Waals surface area contributed by atoms with Gasteiger partial charge < -0.3 is 14.6 Å². The lowest BCUT2D eigenvalue weighted by Gasteiger charge is -2.40. The van der Waals surface area contributed by atoms with Crippen LogP contribution in [0.1, 0.15) is 20.8 Å². The molecule has 1 aliphatic heterocycles. The van der Waals surface area contributed by atoms with Gasteiger partial charge in [0, 0.05) is 11.8 Å². The van der Waals surface area contributed by atoms with Gasteiger partial charge in [-0.1, -0.05) is 19.9 Å². The highest BCUT2D eigenvalue weighted by Gasteiger charge is 2.38. The van der Waals surface area contributed by atoms with Crippen LogP contribution >= 0.6 is 0 Å². The van der Waals surface area contributed by atoms with Crippen molar-refractivity contribution < 1.29 is 14.6 Å². The Bertz CT molecular complexity index is 193. The topological polar surface area (TPSA) is 38.7 Å². The van der Waals surface area contributed by atoms with Gasteiger partial charge in [-0.3, -0.25) is 0 Å². The van der Waals surface area contributed by atoms with Crippen molar-refractivity contribution in [2.45, 2.75) is 39.3 Å². The molecule has 1 N–H and O–H groups in total. The van der Waals surface area contributed by atoms with Crippen LogP contribution in [0.4, 0.5) is 0 Å². The van der Waals surface area contributed by atoms with E-state index < -0.39 is 0 Å². The quantitative estimate of drug-likeness (QED) is 0.703. The minimum Gasteiger partial charge on any atom is -0.392 e. The first-order valence-corrected chi connectivity index (χ1v) is 5.14. The predicted octanol–water partition coefficient (Wildman–Crippen LogP) is 1.57. The first-order chi connectivity index (χ1) is 6.57. The molecule has 1 rings (SSSR count). The molecule has 1 heterocycles. The highest BCUT2D eigenvalue weighted by atomic mass is 16.7. The highest BCUT2D eigenvalue weighted by molar-refractivity contribution is 4.83. The molecule has 2 unspecified atom stereocenters. The third-order valence-corrected chi connectivity index (χ3v) is 2.97. The fourth-order valence-electron chi connectivity index (χ4n) is 1.73. The first kappa shape index (κ1) is 11.7. The van der Waals surface area contributed by atoms with Crippen LogP contribution in [-0.4, -0.2) is 30.2 Å². The van der Waals surface area contributed by atoms with E-state index in [4.69, 9.17) is 9.47 Å². The van der Waals surface area contributed by atoms with Crippen LogP contribution in [0.15, 0.2) is 12.7 Å². The van der Waals surface area contributed by atoms with E-state index in [1.54, 1.807) is 6.08 Å². The van der Waals surface area contributed by atoms with Crippen LogP contribution in [0, 0.1) is 11.8 Å². The van der Waals surface area contributed by atoms with Gasteiger partial charge in [-0.2, -0.15) is 0 Å². The van der Waals surface area contributed by atoms with Gasteiger partial charge in [-0.05, 0) is 6.92 Å². The van der Waals surface area contributed by atoms with Crippen LogP contribution < -0.4 is 0 Å². The van der Waals surface area contributed by atoms with Crippen molar-refractivity contribution in [2.24, 2.45) is 11.8 Å². The minimum atomic E-state index is -0.353. The Morgan fingerprint density at radius 1 is 1.36 bits per heavy atom. The summed E-state index contributed by atoms with van der Waals surface area (Å²) < 4.78 is 11.1. The lowest BCUT2D eigenvalue weighted by atomic mass is 9.86. The Kier molecular flexibility index (Phi) is 4.11. The highest BCUT2D eigenvalue weighted by Crippen LogP contribution is 2.30. The lowest BCUT2D eigenvalue weighted by Crippen LogP contribution is -2.48. The van der Waals surface area contributed by atoms with Gasteiger partial charge in [0.15, 0.2) is 6.29 Å². The molecule has 0 radical (unpaired) electrons.